The Kier molecular flexibility index (Phi) is 4.55. The number of hydrogen-bond acceptors (Lipinski definition) is 4. The van der Waals surface area contributed by atoms with Gasteiger partial charge in [-0.1, -0.05) is 42.0 Å². The third-order valence-corrected chi connectivity index (χ3v) is 5.38. The Morgan fingerprint density at radius 1 is 0.964 bits per heavy atom. The zero-order chi connectivity index (χ0) is 19.8. The first-order chi connectivity index (χ1) is 13.5. The highest BCUT2D eigenvalue weighted by molar-refractivity contribution is 6.22. The molecule has 3 amide bonds. The topological polar surface area (TPSA) is 74.8 Å². The quantitative estimate of drug-likeness (QED) is 0.607. The van der Waals surface area contributed by atoms with Crippen molar-refractivity contribution in [3.63, 3.8) is 0 Å². The van der Waals surface area contributed by atoms with E-state index in [1.807, 2.05) is 19.1 Å². The molecule has 0 saturated carbocycles. The molecule has 2 aromatic rings. The monoisotopic (exact) mass is 376 g/mol. The van der Waals surface area contributed by atoms with E-state index < -0.39 is 17.9 Å². The number of fused-ring (bicyclic) bond motifs is 1. The standard InChI is InChI=1S/C22H20N2O4/c1-14-8-10-15(11-9-14)20(26)18-7-4-12-23(18)19(25)13-24-21(27)16-5-2-3-6-17(16)22(24)28/h2-3,5-6,8-11,18H,4,7,12-13H2,1H3. The molecule has 0 N–H and O–H groups in total. The third kappa shape index (κ3) is 3.01. The van der Waals surface area contributed by atoms with Crippen LogP contribution in [0.15, 0.2) is 48.5 Å². The van der Waals surface area contributed by atoms with E-state index >= 15 is 0 Å². The SMILES string of the molecule is Cc1ccc(C(=O)C2CCCN2C(=O)CN2C(=O)c3ccccc3C2=O)cc1. The van der Waals surface area contributed by atoms with Crippen LogP contribution < -0.4 is 0 Å². The maximum atomic E-state index is 12.9. The van der Waals surface area contributed by atoms with Crippen LogP contribution in [0, 0.1) is 6.92 Å². The van der Waals surface area contributed by atoms with Crippen molar-refractivity contribution >= 4 is 23.5 Å². The van der Waals surface area contributed by atoms with Gasteiger partial charge in [0.1, 0.15) is 6.54 Å². The van der Waals surface area contributed by atoms with Crippen molar-refractivity contribution in [2.75, 3.05) is 13.1 Å². The van der Waals surface area contributed by atoms with Crippen molar-refractivity contribution in [1.82, 2.24) is 9.80 Å². The Labute approximate surface area is 162 Å². The van der Waals surface area contributed by atoms with Gasteiger partial charge in [0.05, 0.1) is 17.2 Å². The fourth-order valence-corrected chi connectivity index (χ4v) is 3.86. The summed E-state index contributed by atoms with van der Waals surface area (Å²) in [6.07, 6.45) is 1.30. The minimum absolute atomic E-state index is 0.104. The van der Waals surface area contributed by atoms with Gasteiger partial charge in [0.15, 0.2) is 5.78 Å². The number of amides is 3. The molecule has 2 aliphatic rings. The molecule has 0 bridgehead atoms. The molecule has 1 atom stereocenters. The largest absolute Gasteiger partial charge is 0.331 e. The lowest BCUT2D eigenvalue weighted by atomic mass is 10.0. The van der Waals surface area contributed by atoms with Crippen LogP contribution in [0.1, 0.15) is 49.5 Å². The highest BCUT2D eigenvalue weighted by Crippen LogP contribution is 2.25. The van der Waals surface area contributed by atoms with Crippen molar-refractivity contribution in [3.05, 3.63) is 70.8 Å². The van der Waals surface area contributed by atoms with E-state index in [0.29, 0.717) is 29.7 Å². The number of ketones is 1. The van der Waals surface area contributed by atoms with Crippen LogP contribution in [-0.2, 0) is 4.79 Å². The third-order valence-electron chi connectivity index (χ3n) is 5.38. The molecule has 0 aliphatic carbocycles. The van der Waals surface area contributed by atoms with E-state index in [9.17, 15) is 19.2 Å². The molecule has 2 aliphatic heterocycles. The van der Waals surface area contributed by atoms with Crippen LogP contribution in [-0.4, -0.2) is 52.4 Å². The normalized spacial score (nSPS) is 18.5. The van der Waals surface area contributed by atoms with E-state index in [1.165, 1.54) is 4.90 Å². The molecular formula is C22H20N2O4. The number of imide groups is 1. The van der Waals surface area contributed by atoms with Crippen LogP contribution in [0.2, 0.25) is 0 Å². The summed E-state index contributed by atoms with van der Waals surface area (Å²) in [5.41, 5.74) is 2.25. The minimum Gasteiger partial charge on any atom is -0.331 e. The number of aryl methyl sites for hydroxylation is 1. The van der Waals surface area contributed by atoms with Gasteiger partial charge in [0.25, 0.3) is 11.8 Å². The summed E-state index contributed by atoms with van der Waals surface area (Å²) in [6, 6.07) is 13.3. The molecule has 1 fully saturated rings. The minimum atomic E-state index is -0.551. The van der Waals surface area contributed by atoms with Crippen LogP contribution in [0.25, 0.3) is 0 Å². The van der Waals surface area contributed by atoms with Gasteiger partial charge in [-0.15, -0.1) is 0 Å². The number of hydrogen-bond donors (Lipinski definition) is 0. The molecule has 1 saturated heterocycles. The van der Waals surface area contributed by atoms with E-state index in [-0.39, 0.29) is 18.2 Å². The smallest absolute Gasteiger partial charge is 0.262 e. The molecule has 6 nitrogen and oxygen atoms in total. The average Bonchev–Trinajstić information content (AvgIpc) is 3.28. The summed E-state index contributed by atoms with van der Waals surface area (Å²) < 4.78 is 0. The van der Waals surface area contributed by atoms with Gasteiger partial charge in [-0.05, 0) is 31.9 Å². The van der Waals surface area contributed by atoms with E-state index in [4.69, 9.17) is 0 Å². The number of likely N-dealkylation sites (tertiary alicyclic amines) is 1. The summed E-state index contributed by atoms with van der Waals surface area (Å²) in [7, 11) is 0. The second-order valence-corrected chi connectivity index (χ2v) is 7.22. The van der Waals surface area contributed by atoms with E-state index in [1.54, 1.807) is 36.4 Å². The van der Waals surface area contributed by atoms with Crippen molar-refractivity contribution < 1.29 is 19.2 Å². The molecule has 28 heavy (non-hydrogen) atoms. The summed E-state index contributed by atoms with van der Waals surface area (Å²) in [6.45, 7) is 2.05. The molecule has 1 unspecified atom stereocenters. The second-order valence-electron chi connectivity index (χ2n) is 7.22. The van der Waals surface area contributed by atoms with Crippen LogP contribution in [0.4, 0.5) is 0 Å². The Morgan fingerprint density at radius 2 is 1.57 bits per heavy atom. The van der Waals surface area contributed by atoms with E-state index in [2.05, 4.69) is 0 Å². The number of carbonyl (C=O) groups is 4. The molecule has 142 valence electrons. The van der Waals surface area contributed by atoms with Gasteiger partial charge >= 0.3 is 0 Å². The zero-order valence-corrected chi connectivity index (χ0v) is 15.6. The molecule has 0 radical (unpaired) electrons. The lowest BCUT2D eigenvalue weighted by Crippen LogP contribution is -2.46. The first-order valence-corrected chi connectivity index (χ1v) is 9.33. The molecule has 2 heterocycles. The van der Waals surface area contributed by atoms with Crippen molar-refractivity contribution in [3.8, 4) is 0 Å². The molecule has 4 rings (SSSR count). The lowest BCUT2D eigenvalue weighted by Gasteiger charge is -2.25. The number of benzene rings is 2. The highest BCUT2D eigenvalue weighted by Gasteiger charge is 2.40. The van der Waals surface area contributed by atoms with Gasteiger partial charge in [0.2, 0.25) is 5.91 Å². The maximum Gasteiger partial charge on any atom is 0.262 e. The summed E-state index contributed by atoms with van der Waals surface area (Å²) >= 11 is 0. The lowest BCUT2D eigenvalue weighted by molar-refractivity contribution is -0.131. The number of carbonyl (C=O) groups excluding carboxylic acids is 4. The summed E-state index contributed by atoms with van der Waals surface area (Å²) in [5.74, 6) is -1.41. The first kappa shape index (κ1) is 18.1. The number of nitrogens with zero attached hydrogens (tertiary/aromatic N) is 2. The second kappa shape index (κ2) is 7.03. The Morgan fingerprint density at radius 3 is 2.18 bits per heavy atom. The Balaban J connectivity index is 1.50. The molecular weight excluding hydrogens is 356 g/mol. The molecule has 0 aromatic heterocycles. The number of rotatable bonds is 4. The fourth-order valence-electron chi connectivity index (χ4n) is 3.86. The van der Waals surface area contributed by atoms with Crippen LogP contribution in [0.3, 0.4) is 0 Å². The summed E-state index contributed by atoms with van der Waals surface area (Å²) in [4.78, 5) is 53.2. The predicted octanol–water partition coefficient (Wildman–Crippen LogP) is 2.46. The Bertz CT molecular complexity index is 945. The van der Waals surface area contributed by atoms with Crippen LogP contribution >= 0.6 is 0 Å². The highest BCUT2D eigenvalue weighted by atomic mass is 16.2. The first-order valence-electron chi connectivity index (χ1n) is 9.33. The molecule has 2 aromatic carbocycles. The predicted molar refractivity (Wildman–Crippen MR) is 102 cm³/mol. The van der Waals surface area contributed by atoms with Gasteiger partial charge in [-0.2, -0.15) is 0 Å². The number of Topliss-reactive ketones (excluding diaryl/α,β-unsaturated/α-hetero) is 1. The molecule has 6 heteroatoms. The van der Waals surface area contributed by atoms with Gasteiger partial charge in [-0.25, -0.2) is 0 Å². The summed E-state index contributed by atoms with van der Waals surface area (Å²) in [5, 5.41) is 0. The van der Waals surface area contributed by atoms with E-state index in [0.717, 1.165) is 16.9 Å². The average molecular weight is 376 g/mol. The van der Waals surface area contributed by atoms with Crippen molar-refractivity contribution in [1.29, 1.82) is 0 Å². The van der Waals surface area contributed by atoms with Gasteiger partial charge < -0.3 is 4.90 Å². The maximum absolute atomic E-state index is 12.9. The van der Waals surface area contributed by atoms with Crippen LogP contribution in [0.5, 0.6) is 0 Å². The van der Waals surface area contributed by atoms with Gasteiger partial charge in [-0.3, -0.25) is 24.1 Å². The zero-order valence-electron chi connectivity index (χ0n) is 15.6. The fraction of sp³-hybridized carbons (Fsp3) is 0.273. The van der Waals surface area contributed by atoms with Crippen molar-refractivity contribution in [2.24, 2.45) is 0 Å². The van der Waals surface area contributed by atoms with Gasteiger partial charge in [0, 0.05) is 12.1 Å². The Hall–Kier alpha value is -3.28. The molecule has 0 spiro atoms. The van der Waals surface area contributed by atoms with Crippen molar-refractivity contribution in [2.45, 2.75) is 25.8 Å².